The summed E-state index contributed by atoms with van der Waals surface area (Å²) in [5.74, 6) is -0.579. The van der Waals surface area contributed by atoms with Crippen LogP contribution in [0.4, 0.5) is 0 Å². The van der Waals surface area contributed by atoms with E-state index < -0.39 is 28.1 Å². The summed E-state index contributed by atoms with van der Waals surface area (Å²) in [6.45, 7) is 1.20. The Bertz CT molecular complexity index is 1060. The quantitative estimate of drug-likeness (QED) is 0.760. The minimum atomic E-state index is -1.29. The van der Waals surface area contributed by atoms with Gasteiger partial charge in [-0.2, -0.15) is 0 Å². The van der Waals surface area contributed by atoms with Crippen molar-refractivity contribution in [3.05, 3.63) is 71.8 Å². The molecule has 8 rings (SSSR count). The maximum atomic E-state index is 13.9. The molecule has 4 aliphatic heterocycles. The minimum Gasteiger partial charge on any atom is -0.453 e. The van der Waals surface area contributed by atoms with Crippen LogP contribution in [0.1, 0.15) is 42.7 Å². The van der Waals surface area contributed by atoms with E-state index in [1.54, 1.807) is 0 Å². The van der Waals surface area contributed by atoms with Gasteiger partial charge in [0.15, 0.2) is 5.60 Å². The fraction of sp³-hybridized carbons (Fsp3) is 0.500. The maximum Gasteiger partial charge on any atom is 0.316 e. The van der Waals surface area contributed by atoms with Gasteiger partial charge in [-0.25, -0.2) is 0 Å². The molecule has 0 unspecified atom stereocenters. The Labute approximate surface area is 181 Å². The van der Waals surface area contributed by atoms with E-state index in [4.69, 9.17) is 14.2 Å². The Morgan fingerprint density at radius 3 is 2.32 bits per heavy atom. The molecular formula is C26H26O5. The predicted octanol–water partition coefficient (Wildman–Crippen LogP) is 3.11. The highest BCUT2D eigenvalue weighted by Gasteiger charge is 3.00. The number of carbonyl (C=O) groups is 1. The molecule has 160 valence electrons. The molecule has 7 atom stereocenters. The van der Waals surface area contributed by atoms with Crippen molar-refractivity contribution in [3.8, 4) is 0 Å². The van der Waals surface area contributed by atoms with Gasteiger partial charge in [0.2, 0.25) is 0 Å². The number of benzene rings is 2. The molecule has 2 aliphatic carbocycles. The molecule has 4 bridgehead atoms. The predicted molar refractivity (Wildman–Crippen MR) is 111 cm³/mol. The summed E-state index contributed by atoms with van der Waals surface area (Å²) in [5, 5.41) is 12.9. The third kappa shape index (κ3) is 1.65. The Morgan fingerprint density at radius 1 is 0.871 bits per heavy atom. The number of carbonyl (C=O) groups excluding carboxylic acids is 1. The van der Waals surface area contributed by atoms with Crippen molar-refractivity contribution in [1.82, 2.24) is 0 Å². The third-order valence-electron chi connectivity index (χ3n) is 9.02. The van der Waals surface area contributed by atoms with Crippen LogP contribution in [0.15, 0.2) is 60.7 Å². The van der Waals surface area contributed by atoms with Crippen molar-refractivity contribution in [2.24, 2.45) is 5.41 Å². The van der Waals surface area contributed by atoms with Crippen LogP contribution in [0, 0.1) is 5.41 Å². The molecule has 0 radical (unpaired) electrons. The fourth-order valence-corrected chi connectivity index (χ4v) is 8.30. The molecule has 6 fully saturated rings. The van der Waals surface area contributed by atoms with Crippen molar-refractivity contribution in [1.29, 1.82) is 0 Å². The van der Waals surface area contributed by atoms with E-state index in [0.29, 0.717) is 26.1 Å². The van der Waals surface area contributed by atoms with Crippen LogP contribution >= 0.6 is 0 Å². The first-order valence-corrected chi connectivity index (χ1v) is 11.4. The van der Waals surface area contributed by atoms with Gasteiger partial charge in [-0.15, -0.1) is 0 Å². The van der Waals surface area contributed by atoms with Gasteiger partial charge in [-0.1, -0.05) is 60.7 Å². The molecule has 5 nitrogen and oxygen atoms in total. The van der Waals surface area contributed by atoms with Gasteiger partial charge in [-0.05, 0) is 36.8 Å². The molecule has 31 heavy (non-hydrogen) atoms. The molecule has 2 aromatic rings. The fourth-order valence-electron chi connectivity index (χ4n) is 8.30. The van der Waals surface area contributed by atoms with Crippen LogP contribution in [0.2, 0.25) is 0 Å². The van der Waals surface area contributed by atoms with Crippen LogP contribution in [0.3, 0.4) is 0 Å². The average molecular weight is 418 g/mol. The summed E-state index contributed by atoms with van der Waals surface area (Å²) in [7, 11) is 0. The van der Waals surface area contributed by atoms with Crippen LogP contribution in [-0.4, -0.2) is 47.7 Å². The molecular weight excluding hydrogens is 392 g/mol. The first-order valence-electron chi connectivity index (χ1n) is 11.4. The first-order chi connectivity index (χ1) is 15.1. The zero-order chi connectivity index (χ0) is 20.9. The molecule has 6 aliphatic rings. The van der Waals surface area contributed by atoms with Gasteiger partial charge in [0.05, 0.1) is 11.5 Å². The van der Waals surface area contributed by atoms with Crippen LogP contribution in [0.5, 0.6) is 0 Å². The SMILES string of the molecule is O=C1O[C@@]23CCCO[C@@H]2[C@]2(c4ccccc4)[C@@]3(O)[C@@H](c3ccccc3)[C@@H]3OCCC[C@]132. The van der Waals surface area contributed by atoms with Crippen molar-refractivity contribution in [3.63, 3.8) is 0 Å². The van der Waals surface area contributed by atoms with Crippen LogP contribution in [0.25, 0.3) is 0 Å². The van der Waals surface area contributed by atoms with Crippen LogP contribution in [-0.2, 0) is 24.4 Å². The van der Waals surface area contributed by atoms with Gasteiger partial charge in [0.1, 0.15) is 17.1 Å². The second kappa shape index (κ2) is 5.77. The van der Waals surface area contributed by atoms with Crippen molar-refractivity contribution in [2.75, 3.05) is 13.2 Å². The smallest absolute Gasteiger partial charge is 0.316 e. The summed E-state index contributed by atoms with van der Waals surface area (Å²) in [4.78, 5) is 13.9. The number of esters is 1. The Balaban J connectivity index is 1.60. The van der Waals surface area contributed by atoms with Crippen molar-refractivity contribution in [2.45, 2.75) is 60.4 Å². The lowest BCUT2D eigenvalue weighted by molar-refractivity contribution is -0.401. The first kappa shape index (κ1) is 18.4. The second-order valence-electron chi connectivity index (χ2n) is 9.83. The molecule has 2 saturated carbocycles. The average Bonchev–Trinajstić information content (AvgIpc) is 2.98. The van der Waals surface area contributed by atoms with Gasteiger partial charge in [0.25, 0.3) is 0 Å². The molecule has 2 spiro atoms. The van der Waals surface area contributed by atoms with E-state index in [1.165, 1.54) is 0 Å². The zero-order valence-electron chi connectivity index (χ0n) is 17.3. The van der Waals surface area contributed by atoms with E-state index in [2.05, 4.69) is 0 Å². The Kier molecular flexibility index (Phi) is 3.42. The van der Waals surface area contributed by atoms with Crippen LogP contribution < -0.4 is 0 Å². The zero-order valence-corrected chi connectivity index (χ0v) is 17.3. The molecule has 0 aromatic heterocycles. The number of aliphatic hydroxyl groups is 1. The number of hydrogen-bond acceptors (Lipinski definition) is 5. The Hall–Kier alpha value is -2.21. The summed E-state index contributed by atoms with van der Waals surface area (Å²) in [6.07, 6.45) is 1.95. The normalized spacial score (nSPS) is 47.0. The summed E-state index contributed by atoms with van der Waals surface area (Å²) in [5.41, 5.74) is -2.22. The number of hydrogen-bond donors (Lipinski definition) is 1. The van der Waals surface area contributed by atoms with Crippen molar-refractivity contribution < 1.29 is 24.1 Å². The number of rotatable bonds is 2. The lowest BCUT2D eigenvalue weighted by Gasteiger charge is -2.77. The largest absolute Gasteiger partial charge is 0.453 e. The maximum absolute atomic E-state index is 13.9. The Morgan fingerprint density at radius 2 is 1.55 bits per heavy atom. The highest BCUT2D eigenvalue weighted by Crippen LogP contribution is 2.84. The highest BCUT2D eigenvalue weighted by atomic mass is 16.6. The summed E-state index contributed by atoms with van der Waals surface area (Å²) >= 11 is 0. The molecule has 4 heterocycles. The van der Waals surface area contributed by atoms with E-state index in [0.717, 1.165) is 24.0 Å². The van der Waals surface area contributed by atoms with Crippen molar-refractivity contribution >= 4 is 5.97 Å². The number of ether oxygens (including phenoxy) is 3. The highest BCUT2D eigenvalue weighted by molar-refractivity contribution is 5.89. The molecule has 4 saturated heterocycles. The minimum absolute atomic E-state index is 0.217. The van der Waals surface area contributed by atoms with E-state index >= 15 is 0 Å². The van der Waals surface area contributed by atoms with Gasteiger partial charge >= 0.3 is 5.97 Å². The molecule has 0 amide bonds. The number of fused-ring (bicyclic) bond motifs is 1. The third-order valence-corrected chi connectivity index (χ3v) is 9.02. The van der Waals surface area contributed by atoms with E-state index in [1.807, 2.05) is 60.7 Å². The standard InChI is InChI=1S/C26H26O5/c27-22-23-13-7-15-29-20(23)19(17-9-3-1-4-10-17)26(28)24(31-22)14-8-16-30-21(24)25(23,26)18-11-5-2-6-12-18/h1-6,9-12,19-21,28H,7-8,13-16H2/t19-,20-,21-,23+,24-,25-,26+/m0/s1. The summed E-state index contributed by atoms with van der Waals surface area (Å²) < 4.78 is 19.2. The van der Waals surface area contributed by atoms with Gasteiger partial charge < -0.3 is 19.3 Å². The van der Waals surface area contributed by atoms with E-state index in [-0.39, 0.29) is 18.0 Å². The van der Waals surface area contributed by atoms with E-state index in [9.17, 15) is 9.90 Å². The lowest BCUT2D eigenvalue weighted by Crippen LogP contribution is -2.94. The molecule has 2 aromatic carbocycles. The lowest BCUT2D eigenvalue weighted by atomic mass is 9.34. The summed E-state index contributed by atoms with van der Waals surface area (Å²) in [6, 6.07) is 20.1. The van der Waals surface area contributed by atoms with Gasteiger partial charge in [-0.3, -0.25) is 4.79 Å². The molecule has 1 N–H and O–H groups in total. The second-order valence-corrected chi connectivity index (χ2v) is 9.83. The molecule has 5 heteroatoms. The monoisotopic (exact) mass is 418 g/mol. The van der Waals surface area contributed by atoms with Gasteiger partial charge in [0, 0.05) is 19.1 Å². The topological polar surface area (TPSA) is 65.0 Å².